The molecule has 0 bridgehead atoms. The van der Waals surface area contributed by atoms with E-state index in [2.05, 4.69) is 27.6 Å². The summed E-state index contributed by atoms with van der Waals surface area (Å²) in [7, 11) is 1.92. The van der Waals surface area contributed by atoms with Crippen LogP contribution in [-0.4, -0.2) is 39.6 Å². The van der Waals surface area contributed by atoms with Crippen LogP contribution >= 0.6 is 11.8 Å². The maximum Gasteiger partial charge on any atom is 0.230 e. The van der Waals surface area contributed by atoms with Crippen LogP contribution in [0.4, 0.5) is 0 Å². The Kier molecular flexibility index (Phi) is 6.87. The van der Waals surface area contributed by atoms with Crippen molar-refractivity contribution in [3.8, 4) is 5.75 Å². The van der Waals surface area contributed by atoms with E-state index < -0.39 is 0 Å². The molecule has 0 spiro atoms. The van der Waals surface area contributed by atoms with Gasteiger partial charge in [0.2, 0.25) is 5.91 Å². The predicted octanol–water partition coefficient (Wildman–Crippen LogP) is 2.69. The van der Waals surface area contributed by atoms with Crippen LogP contribution < -0.4 is 10.1 Å². The van der Waals surface area contributed by atoms with Crippen molar-refractivity contribution in [1.82, 2.24) is 20.1 Å². The van der Waals surface area contributed by atoms with Gasteiger partial charge in [-0.2, -0.15) is 0 Å². The number of hydrogen-bond donors (Lipinski definition) is 1. The van der Waals surface area contributed by atoms with Crippen LogP contribution in [0.5, 0.6) is 5.75 Å². The van der Waals surface area contributed by atoms with Gasteiger partial charge in [0, 0.05) is 13.5 Å². The Labute approximate surface area is 163 Å². The lowest BCUT2D eigenvalue weighted by Gasteiger charge is -2.07. The number of benzene rings is 2. The number of hydrogen-bond acceptors (Lipinski definition) is 5. The molecule has 7 heteroatoms. The third kappa shape index (κ3) is 5.86. The molecule has 1 amide bonds. The number of para-hydroxylation sites is 1. The number of carbonyl (C=O) groups is 1. The van der Waals surface area contributed by atoms with Crippen LogP contribution in [-0.2, 0) is 18.3 Å². The molecule has 0 radical (unpaired) electrons. The van der Waals surface area contributed by atoms with Crippen molar-refractivity contribution < 1.29 is 9.53 Å². The highest BCUT2D eigenvalue weighted by Crippen LogP contribution is 2.17. The molecule has 27 heavy (non-hydrogen) atoms. The molecular weight excluding hydrogens is 360 g/mol. The molecule has 6 nitrogen and oxygen atoms in total. The van der Waals surface area contributed by atoms with Crippen LogP contribution in [0.1, 0.15) is 11.4 Å². The minimum absolute atomic E-state index is 0.0516. The number of ether oxygens (including phenoxy) is 1. The molecule has 140 valence electrons. The summed E-state index contributed by atoms with van der Waals surface area (Å²) < 4.78 is 7.48. The predicted molar refractivity (Wildman–Crippen MR) is 106 cm³/mol. The summed E-state index contributed by atoms with van der Waals surface area (Å²) in [6, 6.07) is 19.7. The molecule has 0 saturated carbocycles. The third-order valence-corrected chi connectivity index (χ3v) is 4.92. The molecule has 1 heterocycles. The number of amides is 1. The zero-order valence-corrected chi connectivity index (χ0v) is 16.0. The third-order valence-electron chi connectivity index (χ3n) is 3.90. The van der Waals surface area contributed by atoms with Crippen molar-refractivity contribution in [1.29, 1.82) is 0 Å². The summed E-state index contributed by atoms with van der Waals surface area (Å²) in [5.74, 6) is 1.92. The van der Waals surface area contributed by atoms with E-state index in [0.29, 0.717) is 25.3 Å². The van der Waals surface area contributed by atoms with Gasteiger partial charge in [0.05, 0.1) is 12.3 Å². The average Bonchev–Trinajstić information content (AvgIpc) is 3.05. The first-order chi connectivity index (χ1) is 13.2. The van der Waals surface area contributed by atoms with Gasteiger partial charge < -0.3 is 14.6 Å². The smallest absolute Gasteiger partial charge is 0.230 e. The Morgan fingerprint density at radius 2 is 1.78 bits per heavy atom. The van der Waals surface area contributed by atoms with Gasteiger partial charge in [-0.15, -0.1) is 10.2 Å². The first-order valence-corrected chi connectivity index (χ1v) is 9.70. The van der Waals surface area contributed by atoms with Crippen LogP contribution in [0.2, 0.25) is 0 Å². The first kappa shape index (κ1) is 19.0. The summed E-state index contributed by atoms with van der Waals surface area (Å²) in [6.07, 6.45) is 0.716. The Bertz CT molecular complexity index is 853. The quantitative estimate of drug-likeness (QED) is 0.455. The molecule has 1 N–H and O–H groups in total. The summed E-state index contributed by atoms with van der Waals surface area (Å²) in [4.78, 5) is 12.0. The molecule has 3 rings (SSSR count). The van der Waals surface area contributed by atoms with Crippen molar-refractivity contribution in [3.63, 3.8) is 0 Å². The van der Waals surface area contributed by atoms with E-state index in [-0.39, 0.29) is 5.91 Å². The minimum Gasteiger partial charge on any atom is -0.492 e. The summed E-state index contributed by atoms with van der Waals surface area (Å²) in [5.41, 5.74) is 1.18. The van der Waals surface area contributed by atoms with Crippen molar-refractivity contribution in [2.75, 3.05) is 18.9 Å². The number of nitrogens with one attached hydrogen (secondary N) is 1. The van der Waals surface area contributed by atoms with E-state index in [0.717, 1.165) is 16.7 Å². The Morgan fingerprint density at radius 1 is 1.07 bits per heavy atom. The second kappa shape index (κ2) is 9.78. The number of thioether (sulfide) groups is 1. The fourth-order valence-electron chi connectivity index (χ4n) is 2.46. The number of nitrogens with zero attached hydrogens (tertiary/aromatic N) is 3. The lowest BCUT2D eigenvalue weighted by molar-refractivity contribution is -0.118. The average molecular weight is 382 g/mol. The van der Waals surface area contributed by atoms with Crippen molar-refractivity contribution in [3.05, 3.63) is 72.1 Å². The molecule has 0 aliphatic carbocycles. The number of carbonyl (C=O) groups excluding carboxylic acids is 1. The van der Waals surface area contributed by atoms with Crippen molar-refractivity contribution >= 4 is 17.7 Å². The van der Waals surface area contributed by atoms with Crippen LogP contribution in [0.3, 0.4) is 0 Å². The molecule has 1 aromatic heterocycles. The highest BCUT2D eigenvalue weighted by molar-refractivity contribution is 7.99. The molecule has 0 fully saturated rings. The summed E-state index contributed by atoms with van der Waals surface area (Å²) in [5, 5.41) is 12.0. The van der Waals surface area contributed by atoms with Gasteiger partial charge in [0.1, 0.15) is 18.2 Å². The van der Waals surface area contributed by atoms with Crippen molar-refractivity contribution in [2.24, 2.45) is 7.05 Å². The Morgan fingerprint density at radius 3 is 2.52 bits per heavy atom. The normalized spacial score (nSPS) is 10.6. The molecule has 0 atom stereocenters. The lowest BCUT2D eigenvalue weighted by atomic mass is 10.1. The Hall–Kier alpha value is -2.80. The maximum absolute atomic E-state index is 12.0. The largest absolute Gasteiger partial charge is 0.492 e. The first-order valence-electron chi connectivity index (χ1n) is 8.72. The van der Waals surface area contributed by atoms with E-state index in [1.807, 2.05) is 60.1 Å². The van der Waals surface area contributed by atoms with E-state index >= 15 is 0 Å². The second-order valence-corrected chi connectivity index (χ2v) is 6.86. The highest BCUT2D eigenvalue weighted by atomic mass is 32.2. The SMILES string of the molecule is Cn1c(Cc2ccccc2)nnc1SCC(=O)NCCOc1ccccc1. The van der Waals surface area contributed by atoms with Crippen LogP contribution in [0.15, 0.2) is 65.8 Å². The topological polar surface area (TPSA) is 69.0 Å². The zero-order valence-electron chi connectivity index (χ0n) is 15.2. The van der Waals surface area contributed by atoms with Gasteiger partial charge >= 0.3 is 0 Å². The number of rotatable bonds is 9. The van der Waals surface area contributed by atoms with Gasteiger partial charge in [-0.05, 0) is 17.7 Å². The summed E-state index contributed by atoms with van der Waals surface area (Å²) >= 11 is 1.38. The number of aromatic nitrogens is 3. The van der Waals surface area contributed by atoms with E-state index in [1.54, 1.807) is 0 Å². The molecule has 3 aromatic rings. The molecule has 0 unspecified atom stereocenters. The fraction of sp³-hybridized carbons (Fsp3) is 0.250. The minimum atomic E-state index is -0.0516. The highest BCUT2D eigenvalue weighted by Gasteiger charge is 2.11. The molecular formula is C20H22N4O2S. The van der Waals surface area contributed by atoms with Gasteiger partial charge in [0.15, 0.2) is 5.16 Å². The van der Waals surface area contributed by atoms with E-state index in [4.69, 9.17) is 4.74 Å². The van der Waals surface area contributed by atoms with Gasteiger partial charge in [0.25, 0.3) is 0 Å². The zero-order chi connectivity index (χ0) is 18.9. The van der Waals surface area contributed by atoms with E-state index in [1.165, 1.54) is 17.3 Å². The molecule has 2 aromatic carbocycles. The van der Waals surface area contributed by atoms with Crippen molar-refractivity contribution in [2.45, 2.75) is 11.6 Å². The summed E-state index contributed by atoms with van der Waals surface area (Å²) in [6.45, 7) is 0.901. The Balaban J connectivity index is 1.40. The maximum atomic E-state index is 12.0. The van der Waals surface area contributed by atoms with Gasteiger partial charge in [-0.3, -0.25) is 4.79 Å². The van der Waals surface area contributed by atoms with Crippen LogP contribution in [0.25, 0.3) is 0 Å². The molecule has 0 aliphatic heterocycles. The lowest BCUT2D eigenvalue weighted by Crippen LogP contribution is -2.29. The fourth-order valence-corrected chi connectivity index (χ4v) is 3.22. The molecule has 0 saturated heterocycles. The van der Waals surface area contributed by atoms with E-state index in [9.17, 15) is 4.79 Å². The molecule has 0 aliphatic rings. The second-order valence-electron chi connectivity index (χ2n) is 5.92. The monoisotopic (exact) mass is 382 g/mol. The van der Waals surface area contributed by atoms with Gasteiger partial charge in [-0.1, -0.05) is 60.3 Å². The standard InChI is InChI=1S/C20H22N4O2S/c1-24-18(14-16-8-4-2-5-9-16)22-23-20(24)27-15-19(25)21-12-13-26-17-10-6-3-7-11-17/h2-11H,12-15H2,1H3,(H,21,25). The van der Waals surface area contributed by atoms with Gasteiger partial charge in [-0.25, -0.2) is 0 Å². The van der Waals surface area contributed by atoms with Crippen LogP contribution in [0, 0.1) is 0 Å².